The third kappa shape index (κ3) is 0.568. The van der Waals surface area contributed by atoms with Crippen molar-refractivity contribution in [3.05, 3.63) is 0 Å². The van der Waals surface area contributed by atoms with Gasteiger partial charge in [-0.3, -0.25) is 0 Å². The van der Waals surface area contributed by atoms with E-state index in [-0.39, 0.29) is 7.42 Å². The average Bonchev–Trinajstić information content (AvgIpc) is 1.75. The van der Waals surface area contributed by atoms with E-state index >= 15 is 0 Å². The molecule has 1 saturated heterocycles. The van der Waals surface area contributed by atoms with Crippen LogP contribution in [0.1, 0.15) is 0 Å². The van der Waals surface area contributed by atoms with Gasteiger partial charge in [-0.15, -0.1) is 0 Å². The Hall–Kier alpha value is 0.697. The van der Waals surface area contributed by atoms with Crippen LogP contribution in [0.2, 0.25) is 12.1 Å². The fraction of sp³-hybridized carbons (Fsp3) is 1.00. The SMILES string of the molecule is Br[Si-]1CC1. The summed E-state index contributed by atoms with van der Waals surface area (Å²) >= 11 is 3.48. The van der Waals surface area contributed by atoms with Gasteiger partial charge in [-0.05, 0) is 0 Å². The minimum Gasteiger partial charge on any atom is -0.356 e. The lowest BCUT2D eigenvalue weighted by Crippen LogP contribution is -1.53. The molecule has 0 spiro atoms. The molecule has 0 nitrogen and oxygen atoms in total. The van der Waals surface area contributed by atoms with Gasteiger partial charge in [0.25, 0.3) is 0 Å². The number of halogens is 1. The van der Waals surface area contributed by atoms with Crippen molar-refractivity contribution >= 4 is 22.7 Å². The Balaban J connectivity index is 2.17. The Kier molecular flexibility index (Phi) is 0.603. The van der Waals surface area contributed by atoms with Crippen molar-refractivity contribution < 1.29 is 0 Å². The standard InChI is InChI=1S/C2H4BrSi/c3-4-1-2-4/h1-2H2/q-1. The predicted molar refractivity (Wildman–Crippen MR) is 24.3 cm³/mol. The van der Waals surface area contributed by atoms with Gasteiger partial charge < -0.3 is 15.3 Å². The average molecular weight is 136 g/mol. The molecule has 1 fully saturated rings. The van der Waals surface area contributed by atoms with Gasteiger partial charge >= 0.3 is 0 Å². The minimum atomic E-state index is 0.183. The maximum absolute atomic E-state index is 3.48. The second-order valence-corrected chi connectivity index (χ2v) is 6.42. The third-order valence-corrected chi connectivity index (χ3v) is 3.70. The Bertz CT molecular complexity index is 25.2. The van der Waals surface area contributed by atoms with Crippen molar-refractivity contribution in [1.82, 2.24) is 0 Å². The van der Waals surface area contributed by atoms with Gasteiger partial charge in [-0.25, -0.2) is 0 Å². The lowest BCUT2D eigenvalue weighted by molar-refractivity contribution is 1.69. The fourth-order valence-corrected chi connectivity index (χ4v) is 2.21. The highest BCUT2D eigenvalue weighted by molar-refractivity contribution is 9.25. The highest BCUT2D eigenvalue weighted by Crippen LogP contribution is 2.25. The molecule has 2 heteroatoms. The van der Waals surface area contributed by atoms with Gasteiger partial charge in [0.05, 0.1) is 0 Å². The van der Waals surface area contributed by atoms with E-state index in [1.807, 2.05) is 0 Å². The summed E-state index contributed by atoms with van der Waals surface area (Å²) in [6.45, 7) is 0. The summed E-state index contributed by atoms with van der Waals surface area (Å²) in [4.78, 5) is 0. The van der Waals surface area contributed by atoms with Gasteiger partial charge in [-0.2, -0.15) is 19.5 Å². The first-order valence-corrected chi connectivity index (χ1v) is 5.57. The maximum Gasteiger partial charge on any atom is -0.188 e. The molecule has 1 heterocycles. The molecule has 0 aromatic rings. The van der Waals surface area contributed by atoms with E-state index < -0.39 is 0 Å². The molecule has 0 saturated carbocycles. The summed E-state index contributed by atoms with van der Waals surface area (Å²) in [5, 5.41) is 0. The van der Waals surface area contributed by atoms with E-state index in [4.69, 9.17) is 0 Å². The minimum absolute atomic E-state index is 0.183. The van der Waals surface area contributed by atoms with Crippen molar-refractivity contribution in [1.29, 1.82) is 0 Å². The van der Waals surface area contributed by atoms with Crippen LogP contribution in [0.3, 0.4) is 0 Å². The molecule has 4 heavy (non-hydrogen) atoms. The second kappa shape index (κ2) is 0.828. The molecule has 1 aliphatic heterocycles. The van der Waals surface area contributed by atoms with Crippen LogP contribution >= 0.6 is 15.3 Å². The van der Waals surface area contributed by atoms with E-state index in [9.17, 15) is 0 Å². The molecule has 1 aliphatic rings. The Morgan fingerprint density at radius 1 is 1.50 bits per heavy atom. The molecule has 0 N–H and O–H groups in total. The van der Waals surface area contributed by atoms with Gasteiger partial charge in [0.1, 0.15) is 0 Å². The van der Waals surface area contributed by atoms with Crippen LogP contribution in [0.25, 0.3) is 0 Å². The second-order valence-electron chi connectivity index (χ2n) is 1.02. The smallest absolute Gasteiger partial charge is 0.188 e. The molecular weight excluding hydrogens is 132 g/mol. The van der Waals surface area contributed by atoms with E-state index in [1.54, 1.807) is 0 Å². The largest absolute Gasteiger partial charge is 0.356 e. The van der Waals surface area contributed by atoms with Crippen molar-refractivity contribution in [2.75, 3.05) is 0 Å². The van der Waals surface area contributed by atoms with E-state index in [2.05, 4.69) is 15.3 Å². The summed E-state index contributed by atoms with van der Waals surface area (Å²) in [5.74, 6) is 0. The first kappa shape index (κ1) is 2.91. The lowest BCUT2D eigenvalue weighted by atomic mass is 11.0. The summed E-state index contributed by atoms with van der Waals surface area (Å²) in [6.07, 6.45) is 0. The zero-order valence-electron chi connectivity index (χ0n) is 2.29. The molecule has 0 aromatic carbocycles. The Morgan fingerprint density at radius 2 is 1.75 bits per heavy atom. The molecule has 0 bridgehead atoms. The van der Waals surface area contributed by atoms with E-state index in [0.29, 0.717) is 0 Å². The Labute approximate surface area is 35.4 Å². The molecule has 0 amide bonds. The van der Waals surface area contributed by atoms with Crippen LogP contribution in [0.15, 0.2) is 0 Å². The van der Waals surface area contributed by atoms with Crippen molar-refractivity contribution in [2.24, 2.45) is 0 Å². The highest BCUT2D eigenvalue weighted by atomic mass is 79.9. The summed E-state index contributed by atoms with van der Waals surface area (Å²) in [5.41, 5.74) is 0. The first-order valence-electron chi connectivity index (χ1n) is 1.40. The van der Waals surface area contributed by atoms with Crippen LogP contribution in [0, 0.1) is 0 Å². The van der Waals surface area contributed by atoms with Gasteiger partial charge in [0.15, 0.2) is 0 Å². The summed E-state index contributed by atoms with van der Waals surface area (Å²) < 4.78 is 0. The van der Waals surface area contributed by atoms with Crippen LogP contribution < -0.4 is 0 Å². The third-order valence-electron chi connectivity index (χ3n) is 0.439. The van der Waals surface area contributed by atoms with Crippen molar-refractivity contribution in [3.63, 3.8) is 0 Å². The molecule has 0 aliphatic carbocycles. The van der Waals surface area contributed by atoms with Crippen molar-refractivity contribution in [3.8, 4) is 0 Å². The van der Waals surface area contributed by atoms with Crippen LogP contribution in [0.5, 0.6) is 0 Å². The molecule has 0 radical (unpaired) electrons. The van der Waals surface area contributed by atoms with Gasteiger partial charge in [-0.1, -0.05) is 0 Å². The van der Waals surface area contributed by atoms with Gasteiger partial charge in [0, 0.05) is 0 Å². The zero-order chi connectivity index (χ0) is 2.99. The first-order chi connectivity index (χ1) is 1.89. The number of hydrogen-bond donors (Lipinski definition) is 0. The van der Waals surface area contributed by atoms with Crippen LogP contribution in [0.4, 0.5) is 0 Å². The zero-order valence-corrected chi connectivity index (χ0v) is 4.88. The lowest BCUT2D eigenvalue weighted by Gasteiger charge is -1.72. The molecule has 0 unspecified atom stereocenters. The Morgan fingerprint density at radius 3 is 1.75 bits per heavy atom. The predicted octanol–water partition coefficient (Wildman–Crippen LogP) is 1.39. The molecule has 0 aromatic heterocycles. The van der Waals surface area contributed by atoms with Crippen molar-refractivity contribution in [2.45, 2.75) is 12.1 Å². The topological polar surface area (TPSA) is 0 Å². The summed E-state index contributed by atoms with van der Waals surface area (Å²) in [6, 6.07) is 3.01. The molecule has 24 valence electrons. The fourth-order valence-electron chi connectivity index (χ4n) is 0.0472. The molecule has 1 rings (SSSR count). The van der Waals surface area contributed by atoms with Gasteiger partial charge in [0.2, 0.25) is 0 Å². The number of hydrogen-bond acceptors (Lipinski definition) is 0. The van der Waals surface area contributed by atoms with E-state index in [0.717, 1.165) is 0 Å². The van der Waals surface area contributed by atoms with Crippen LogP contribution in [-0.4, -0.2) is 7.42 Å². The number of rotatable bonds is 0. The highest BCUT2D eigenvalue weighted by Gasteiger charge is 1.96. The molecular formula is C2H4BrSi-. The quantitative estimate of drug-likeness (QED) is 0.348. The molecule has 0 atom stereocenters. The normalized spacial score (nSPS) is 26.2. The maximum atomic E-state index is 3.48. The van der Waals surface area contributed by atoms with Crippen LogP contribution in [-0.2, 0) is 0 Å². The van der Waals surface area contributed by atoms with E-state index in [1.165, 1.54) is 12.1 Å². The monoisotopic (exact) mass is 135 g/mol. The summed E-state index contributed by atoms with van der Waals surface area (Å²) in [7, 11) is 0.183.